The van der Waals surface area contributed by atoms with E-state index in [-0.39, 0.29) is 39.8 Å². The molecule has 0 atom stereocenters. The third kappa shape index (κ3) is 6.09. The quantitative estimate of drug-likeness (QED) is 0.315. The second kappa shape index (κ2) is 11.2. The summed E-state index contributed by atoms with van der Waals surface area (Å²) in [6.45, 7) is 11.1. The van der Waals surface area contributed by atoms with Gasteiger partial charge in [0.05, 0.1) is 16.5 Å². The molecule has 10 heteroatoms. The molecule has 3 N–H and O–H groups in total. The molecule has 0 aliphatic rings. The second-order valence-electron chi connectivity index (χ2n) is 8.88. The molecular formula is C26H29ClN2O6S. The van der Waals surface area contributed by atoms with E-state index in [0.29, 0.717) is 22.1 Å². The van der Waals surface area contributed by atoms with Gasteiger partial charge >= 0.3 is 5.97 Å². The molecule has 0 unspecified atom stereocenters. The SMILES string of the molecule is Cc1cc(OCc2ccc(C(=O)Nc3sc(C(N)=O)c(C)c3C(=O)OC(C)C)o2)c(C(C)C)cc1Cl. The van der Waals surface area contributed by atoms with Gasteiger partial charge in [-0.15, -0.1) is 11.3 Å². The van der Waals surface area contributed by atoms with Crippen LogP contribution >= 0.6 is 22.9 Å². The molecule has 8 nitrogen and oxygen atoms in total. The number of nitrogens with two attached hydrogens (primary N) is 1. The molecule has 0 radical (unpaired) electrons. The van der Waals surface area contributed by atoms with E-state index in [1.165, 1.54) is 6.07 Å². The first-order valence-corrected chi connectivity index (χ1v) is 12.6. The average Bonchev–Trinajstić information content (AvgIpc) is 3.38. The van der Waals surface area contributed by atoms with Crippen molar-refractivity contribution in [3.8, 4) is 5.75 Å². The Morgan fingerprint density at radius 2 is 1.83 bits per heavy atom. The third-order valence-corrected chi connectivity index (χ3v) is 6.94. The number of hydrogen-bond donors (Lipinski definition) is 2. The van der Waals surface area contributed by atoms with Crippen LogP contribution in [-0.2, 0) is 11.3 Å². The molecule has 3 aromatic rings. The summed E-state index contributed by atoms with van der Waals surface area (Å²) in [5.74, 6) is -0.617. The van der Waals surface area contributed by atoms with Crippen LogP contribution in [0.5, 0.6) is 5.75 Å². The minimum Gasteiger partial charge on any atom is -0.485 e. The molecule has 1 aromatic carbocycles. The smallest absolute Gasteiger partial charge is 0.341 e. The average molecular weight is 533 g/mol. The number of carbonyl (C=O) groups is 3. The number of nitrogens with one attached hydrogen (secondary N) is 1. The first-order chi connectivity index (χ1) is 16.9. The Morgan fingerprint density at radius 3 is 2.44 bits per heavy atom. The number of amides is 2. The van der Waals surface area contributed by atoms with Crippen molar-refractivity contribution in [1.29, 1.82) is 0 Å². The van der Waals surface area contributed by atoms with E-state index in [0.717, 1.165) is 22.5 Å². The molecule has 0 aliphatic heterocycles. The predicted octanol–water partition coefficient (Wildman–Crippen LogP) is 6.23. The largest absolute Gasteiger partial charge is 0.485 e. The molecule has 0 bridgehead atoms. The Labute approximate surface area is 218 Å². The standard InChI is InChI=1S/C26H29ClN2O6S/c1-12(2)17-10-18(27)14(5)9-20(17)33-11-16-7-8-19(35-16)24(31)29-25-21(26(32)34-13(3)4)15(6)22(36-25)23(28)30/h7-10,12-13H,11H2,1-6H3,(H2,28,30)(H,29,31). The molecular weight excluding hydrogens is 504 g/mol. The molecule has 2 aromatic heterocycles. The summed E-state index contributed by atoms with van der Waals surface area (Å²) in [5, 5.41) is 3.47. The normalized spacial score (nSPS) is 11.1. The maximum absolute atomic E-state index is 12.9. The van der Waals surface area contributed by atoms with Gasteiger partial charge in [0.1, 0.15) is 23.1 Å². The molecule has 0 saturated heterocycles. The summed E-state index contributed by atoms with van der Waals surface area (Å²) in [6.07, 6.45) is -0.384. The van der Waals surface area contributed by atoms with Crippen LogP contribution in [0.25, 0.3) is 0 Å². The highest BCUT2D eigenvalue weighted by atomic mass is 35.5. The van der Waals surface area contributed by atoms with Gasteiger partial charge in [-0.3, -0.25) is 9.59 Å². The van der Waals surface area contributed by atoms with Gasteiger partial charge in [0.2, 0.25) is 0 Å². The van der Waals surface area contributed by atoms with Gasteiger partial charge in [-0.2, -0.15) is 0 Å². The zero-order valence-electron chi connectivity index (χ0n) is 21.0. The lowest BCUT2D eigenvalue weighted by atomic mass is 10.0. The number of ether oxygens (including phenoxy) is 2. The van der Waals surface area contributed by atoms with Gasteiger partial charge in [0.15, 0.2) is 5.76 Å². The van der Waals surface area contributed by atoms with Crippen LogP contribution in [0.15, 0.2) is 28.7 Å². The van der Waals surface area contributed by atoms with Gasteiger partial charge < -0.3 is 24.9 Å². The van der Waals surface area contributed by atoms with Crippen molar-refractivity contribution in [3.05, 3.63) is 67.9 Å². The van der Waals surface area contributed by atoms with Crippen molar-refractivity contribution in [2.24, 2.45) is 5.73 Å². The Kier molecular flexibility index (Phi) is 8.47. The first kappa shape index (κ1) is 27.3. The summed E-state index contributed by atoms with van der Waals surface area (Å²) < 4.78 is 16.9. The lowest BCUT2D eigenvalue weighted by Gasteiger charge is -2.15. The summed E-state index contributed by atoms with van der Waals surface area (Å²) in [7, 11) is 0. The number of hydrogen-bond acceptors (Lipinski definition) is 7. The number of benzene rings is 1. The van der Waals surface area contributed by atoms with Gasteiger partial charge in [-0.05, 0) is 74.6 Å². The predicted molar refractivity (Wildman–Crippen MR) is 139 cm³/mol. The topological polar surface area (TPSA) is 121 Å². The molecule has 2 heterocycles. The van der Waals surface area contributed by atoms with Crippen LogP contribution in [0, 0.1) is 13.8 Å². The minimum atomic E-state index is -0.702. The number of thiophene rings is 1. The molecule has 0 fully saturated rings. The lowest BCUT2D eigenvalue weighted by molar-refractivity contribution is 0.0379. The molecule has 36 heavy (non-hydrogen) atoms. The van der Waals surface area contributed by atoms with E-state index in [9.17, 15) is 14.4 Å². The van der Waals surface area contributed by atoms with E-state index < -0.39 is 17.8 Å². The van der Waals surface area contributed by atoms with Crippen LogP contribution in [0.2, 0.25) is 5.02 Å². The molecule has 2 amide bonds. The van der Waals surface area contributed by atoms with Crippen molar-refractivity contribution >= 4 is 45.7 Å². The van der Waals surface area contributed by atoms with E-state index in [1.54, 1.807) is 26.8 Å². The number of aryl methyl sites for hydroxylation is 1. The molecule has 3 rings (SSSR count). The maximum atomic E-state index is 12.9. The Morgan fingerprint density at radius 1 is 1.14 bits per heavy atom. The Bertz CT molecular complexity index is 1310. The highest BCUT2D eigenvalue weighted by Crippen LogP contribution is 2.35. The number of rotatable bonds is 9. The van der Waals surface area contributed by atoms with Crippen LogP contribution in [0.1, 0.15) is 86.6 Å². The number of esters is 1. The number of furan rings is 1. The maximum Gasteiger partial charge on any atom is 0.341 e. The fraction of sp³-hybridized carbons (Fsp3) is 0.346. The third-order valence-electron chi connectivity index (χ3n) is 5.31. The van der Waals surface area contributed by atoms with Gasteiger partial charge in [-0.25, -0.2) is 4.79 Å². The Hall–Kier alpha value is -3.30. The van der Waals surface area contributed by atoms with Gasteiger partial charge in [0.25, 0.3) is 11.8 Å². The lowest BCUT2D eigenvalue weighted by Crippen LogP contribution is -2.17. The first-order valence-electron chi connectivity index (χ1n) is 11.4. The van der Waals surface area contributed by atoms with Gasteiger partial charge in [-0.1, -0.05) is 25.4 Å². The van der Waals surface area contributed by atoms with E-state index in [2.05, 4.69) is 5.32 Å². The molecule has 0 saturated carbocycles. The minimum absolute atomic E-state index is 0.0137. The summed E-state index contributed by atoms with van der Waals surface area (Å²) in [4.78, 5) is 37.5. The zero-order chi connectivity index (χ0) is 26.7. The van der Waals surface area contributed by atoms with E-state index in [1.807, 2.05) is 32.9 Å². The van der Waals surface area contributed by atoms with Crippen molar-refractivity contribution < 1.29 is 28.3 Å². The van der Waals surface area contributed by atoms with Crippen LogP contribution < -0.4 is 15.8 Å². The summed E-state index contributed by atoms with van der Waals surface area (Å²) in [6, 6.07) is 6.91. The monoisotopic (exact) mass is 532 g/mol. The van der Waals surface area contributed by atoms with E-state index >= 15 is 0 Å². The number of halogens is 1. The van der Waals surface area contributed by atoms with E-state index in [4.69, 9.17) is 31.2 Å². The Balaban J connectivity index is 1.78. The number of anilines is 1. The van der Waals surface area contributed by atoms with Crippen molar-refractivity contribution in [2.75, 3.05) is 5.32 Å². The number of primary amides is 1. The van der Waals surface area contributed by atoms with Crippen molar-refractivity contribution in [3.63, 3.8) is 0 Å². The van der Waals surface area contributed by atoms with Crippen LogP contribution in [-0.4, -0.2) is 23.9 Å². The van der Waals surface area contributed by atoms with Gasteiger partial charge in [0, 0.05) is 5.02 Å². The fourth-order valence-electron chi connectivity index (χ4n) is 3.49. The summed E-state index contributed by atoms with van der Waals surface area (Å²) >= 11 is 7.17. The fourth-order valence-corrected chi connectivity index (χ4v) is 4.71. The zero-order valence-corrected chi connectivity index (χ0v) is 22.6. The highest BCUT2D eigenvalue weighted by Gasteiger charge is 2.27. The summed E-state index contributed by atoms with van der Waals surface area (Å²) in [5.41, 5.74) is 7.73. The van der Waals surface area contributed by atoms with Crippen LogP contribution in [0.3, 0.4) is 0 Å². The molecule has 0 aliphatic carbocycles. The second-order valence-corrected chi connectivity index (χ2v) is 10.3. The van der Waals surface area contributed by atoms with Crippen molar-refractivity contribution in [1.82, 2.24) is 0 Å². The molecule has 0 spiro atoms. The number of carbonyl (C=O) groups excluding carboxylic acids is 3. The molecule has 192 valence electrons. The van der Waals surface area contributed by atoms with Crippen molar-refractivity contribution in [2.45, 2.75) is 60.2 Å². The highest BCUT2D eigenvalue weighted by molar-refractivity contribution is 7.18. The van der Waals surface area contributed by atoms with Crippen LogP contribution in [0.4, 0.5) is 5.00 Å².